The molecule has 0 amide bonds. The van der Waals surface area contributed by atoms with Crippen LogP contribution in [0.1, 0.15) is 10.4 Å². The van der Waals surface area contributed by atoms with Crippen LogP contribution in [0.2, 0.25) is 0 Å². The van der Waals surface area contributed by atoms with Crippen molar-refractivity contribution < 1.29 is 14.3 Å². The van der Waals surface area contributed by atoms with E-state index in [2.05, 4.69) is 14.8 Å². The van der Waals surface area contributed by atoms with Crippen LogP contribution in [-0.4, -0.2) is 27.7 Å². The lowest BCUT2D eigenvalue weighted by molar-refractivity contribution is 0.0600. The molecule has 0 aliphatic carbocycles. The number of aromatic nitrogens is 3. The molecule has 6 nitrogen and oxygen atoms in total. The highest BCUT2D eigenvalue weighted by atomic mass is 16.5. The molecule has 0 saturated carbocycles. The van der Waals surface area contributed by atoms with Crippen molar-refractivity contribution in [3.63, 3.8) is 0 Å². The third kappa shape index (κ3) is 2.18. The van der Waals surface area contributed by atoms with Crippen molar-refractivity contribution in [2.24, 2.45) is 0 Å². The zero-order valence-corrected chi connectivity index (χ0v) is 10.7. The summed E-state index contributed by atoms with van der Waals surface area (Å²) in [4.78, 5) is 15.5. The first-order valence-electron chi connectivity index (χ1n) is 5.92. The van der Waals surface area contributed by atoms with Crippen LogP contribution in [0.25, 0.3) is 5.52 Å². The number of hydrogen-bond acceptors (Lipinski definition) is 5. The highest BCUT2D eigenvalue weighted by Crippen LogP contribution is 2.23. The van der Waals surface area contributed by atoms with Gasteiger partial charge >= 0.3 is 5.97 Å². The summed E-state index contributed by atoms with van der Waals surface area (Å²) in [6, 6.07) is 8.46. The summed E-state index contributed by atoms with van der Waals surface area (Å²) in [6.07, 6.45) is 5.02. The van der Waals surface area contributed by atoms with Gasteiger partial charge in [-0.05, 0) is 30.3 Å². The molecule has 3 aromatic rings. The lowest BCUT2D eigenvalue weighted by atomic mass is 10.2. The van der Waals surface area contributed by atoms with Gasteiger partial charge in [-0.25, -0.2) is 14.3 Å². The Bertz CT molecular complexity index is 750. The number of benzene rings is 1. The molecule has 0 bridgehead atoms. The summed E-state index contributed by atoms with van der Waals surface area (Å²) in [5, 5.41) is 4.10. The maximum atomic E-state index is 11.3. The van der Waals surface area contributed by atoms with Gasteiger partial charge in [-0.3, -0.25) is 0 Å². The van der Waals surface area contributed by atoms with E-state index in [-0.39, 0.29) is 5.97 Å². The molecule has 0 atom stereocenters. The second kappa shape index (κ2) is 5.00. The van der Waals surface area contributed by atoms with Crippen LogP contribution < -0.4 is 4.74 Å². The predicted octanol–water partition coefficient (Wildman–Crippen LogP) is 2.31. The minimum Gasteiger partial charge on any atom is -0.465 e. The molecular weight excluding hydrogens is 258 g/mol. The number of fused-ring (bicyclic) bond motifs is 1. The topological polar surface area (TPSA) is 65.7 Å². The van der Waals surface area contributed by atoms with E-state index in [0.29, 0.717) is 17.2 Å². The highest BCUT2D eigenvalue weighted by Gasteiger charge is 2.08. The van der Waals surface area contributed by atoms with Crippen LogP contribution >= 0.6 is 0 Å². The largest absolute Gasteiger partial charge is 0.465 e. The molecule has 0 saturated heterocycles. The van der Waals surface area contributed by atoms with Crippen molar-refractivity contribution >= 4 is 11.5 Å². The average Bonchev–Trinajstić information content (AvgIpc) is 2.97. The van der Waals surface area contributed by atoms with Gasteiger partial charge in [0.1, 0.15) is 11.3 Å². The summed E-state index contributed by atoms with van der Waals surface area (Å²) < 4.78 is 12.0. The van der Waals surface area contributed by atoms with Gasteiger partial charge in [-0.2, -0.15) is 5.10 Å². The number of hydrogen-bond donors (Lipinski definition) is 0. The van der Waals surface area contributed by atoms with Gasteiger partial charge in [0.25, 0.3) is 0 Å². The Morgan fingerprint density at radius 1 is 1.15 bits per heavy atom. The molecule has 2 heterocycles. The van der Waals surface area contributed by atoms with Gasteiger partial charge in [0.2, 0.25) is 5.88 Å². The van der Waals surface area contributed by atoms with Crippen LogP contribution in [0.15, 0.2) is 48.9 Å². The molecule has 20 heavy (non-hydrogen) atoms. The van der Waals surface area contributed by atoms with Crippen molar-refractivity contribution in [3.8, 4) is 11.6 Å². The summed E-state index contributed by atoms with van der Waals surface area (Å²) in [7, 11) is 1.34. The first kappa shape index (κ1) is 12.2. The smallest absolute Gasteiger partial charge is 0.337 e. The molecule has 2 aromatic heterocycles. The average molecular weight is 269 g/mol. The fourth-order valence-electron chi connectivity index (χ4n) is 1.80. The van der Waals surface area contributed by atoms with Gasteiger partial charge in [0, 0.05) is 12.4 Å². The number of rotatable bonds is 3. The second-order valence-electron chi connectivity index (χ2n) is 4.01. The molecule has 1 aromatic carbocycles. The fourth-order valence-corrected chi connectivity index (χ4v) is 1.80. The minimum atomic E-state index is -0.382. The van der Waals surface area contributed by atoms with E-state index < -0.39 is 0 Å². The molecule has 0 fully saturated rings. The van der Waals surface area contributed by atoms with Crippen LogP contribution in [0.3, 0.4) is 0 Å². The van der Waals surface area contributed by atoms with E-state index in [9.17, 15) is 4.79 Å². The summed E-state index contributed by atoms with van der Waals surface area (Å²) >= 11 is 0. The molecule has 0 aliphatic rings. The molecular formula is C14H11N3O3. The maximum Gasteiger partial charge on any atom is 0.337 e. The van der Waals surface area contributed by atoms with Crippen molar-refractivity contribution in [1.82, 2.24) is 14.6 Å². The third-order valence-electron chi connectivity index (χ3n) is 2.78. The van der Waals surface area contributed by atoms with E-state index >= 15 is 0 Å². The molecule has 0 aliphatic heterocycles. The number of carbonyl (C=O) groups is 1. The minimum absolute atomic E-state index is 0.382. The van der Waals surface area contributed by atoms with Crippen LogP contribution in [-0.2, 0) is 4.74 Å². The Balaban J connectivity index is 1.88. The van der Waals surface area contributed by atoms with Gasteiger partial charge < -0.3 is 9.47 Å². The Labute approximate surface area is 114 Å². The van der Waals surface area contributed by atoms with Crippen molar-refractivity contribution in [3.05, 3.63) is 54.5 Å². The fraction of sp³-hybridized carbons (Fsp3) is 0.0714. The third-order valence-corrected chi connectivity index (χ3v) is 2.78. The lowest BCUT2D eigenvalue weighted by Gasteiger charge is -2.06. The Hall–Kier alpha value is -2.89. The van der Waals surface area contributed by atoms with Crippen molar-refractivity contribution in [1.29, 1.82) is 0 Å². The van der Waals surface area contributed by atoms with Crippen LogP contribution in [0.4, 0.5) is 0 Å². The van der Waals surface area contributed by atoms with E-state index in [4.69, 9.17) is 4.74 Å². The van der Waals surface area contributed by atoms with Crippen molar-refractivity contribution in [2.45, 2.75) is 0 Å². The monoisotopic (exact) mass is 269 g/mol. The summed E-state index contributed by atoms with van der Waals surface area (Å²) in [6.45, 7) is 0. The Kier molecular flexibility index (Phi) is 3.04. The van der Waals surface area contributed by atoms with E-state index in [1.807, 2.05) is 6.07 Å². The standard InChI is InChI=1S/C14H11N3O3/c1-19-14(18)10-2-4-11(5-3-10)20-13-12-6-7-16-17(12)9-8-15-13/h2-9H,1H3. The summed E-state index contributed by atoms with van der Waals surface area (Å²) in [5.74, 6) is 0.655. The Morgan fingerprint density at radius 2 is 1.95 bits per heavy atom. The van der Waals surface area contributed by atoms with E-state index in [0.717, 1.165) is 5.52 Å². The zero-order chi connectivity index (χ0) is 13.9. The van der Waals surface area contributed by atoms with Gasteiger partial charge in [-0.15, -0.1) is 0 Å². The Morgan fingerprint density at radius 3 is 2.70 bits per heavy atom. The second-order valence-corrected chi connectivity index (χ2v) is 4.01. The maximum absolute atomic E-state index is 11.3. The quantitative estimate of drug-likeness (QED) is 0.682. The normalized spacial score (nSPS) is 10.4. The highest BCUT2D eigenvalue weighted by molar-refractivity contribution is 5.89. The molecule has 6 heteroatoms. The molecule has 0 radical (unpaired) electrons. The molecule has 3 rings (SSSR count). The van der Waals surface area contributed by atoms with Gasteiger partial charge in [-0.1, -0.05) is 0 Å². The SMILES string of the molecule is COC(=O)c1ccc(Oc2nccn3nccc23)cc1. The zero-order valence-electron chi connectivity index (χ0n) is 10.7. The number of ether oxygens (including phenoxy) is 2. The number of methoxy groups -OCH3 is 1. The summed E-state index contributed by atoms with van der Waals surface area (Å²) in [5.41, 5.74) is 1.24. The molecule has 0 spiro atoms. The van der Waals surface area contributed by atoms with Crippen LogP contribution in [0, 0.1) is 0 Å². The van der Waals surface area contributed by atoms with Gasteiger partial charge in [0.05, 0.1) is 18.9 Å². The van der Waals surface area contributed by atoms with Gasteiger partial charge in [0.15, 0.2) is 0 Å². The number of esters is 1. The molecule has 100 valence electrons. The van der Waals surface area contributed by atoms with E-state index in [1.54, 1.807) is 47.4 Å². The van der Waals surface area contributed by atoms with Crippen LogP contribution in [0.5, 0.6) is 11.6 Å². The number of nitrogens with zero attached hydrogens (tertiary/aromatic N) is 3. The molecule has 0 N–H and O–H groups in total. The molecule has 0 unspecified atom stereocenters. The predicted molar refractivity (Wildman–Crippen MR) is 70.8 cm³/mol. The van der Waals surface area contributed by atoms with Crippen molar-refractivity contribution in [2.75, 3.05) is 7.11 Å². The first-order chi connectivity index (χ1) is 9.78. The first-order valence-corrected chi connectivity index (χ1v) is 5.92. The lowest BCUT2D eigenvalue weighted by Crippen LogP contribution is -2.00. The van der Waals surface area contributed by atoms with E-state index in [1.165, 1.54) is 7.11 Å². The number of carbonyl (C=O) groups excluding carboxylic acids is 1.